The Bertz CT molecular complexity index is 1610. The van der Waals surface area contributed by atoms with Crippen LogP contribution in [-0.4, -0.2) is 82.6 Å². The van der Waals surface area contributed by atoms with Gasteiger partial charge < -0.3 is 25.2 Å². The summed E-state index contributed by atoms with van der Waals surface area (Å²) in [6.07, 6.45) is 2.38. The molecule has 3 fully saturated rings. The number of hydrogen-bond acceptors (Lipinski definition) is 8. The Kier molecular flexibility index (Phi) is 6.42. The van der Waals surface area contributed by atoms with E-state index >= 15 is 4.39 Å². The van der Waals surface area contributed by atoms with E-state index < -0.39 is 11.9 Å². The predicted molar refractivity (Wildman–Crippen MR) is 154 cm³/mol. The van der Waals surface area contributed by atoms with Crippen LogP contribution >= 0.6 is 11.6 Å². The number of ether oxygens (including phenoxy) is 1. The summed E-state index contributed by atoms with van der Waals surface area (Å²) in [4.78, 5) is 13.6. The lowest BCUT2D eigenvalue weighted by molar-refractivity contribution is 0.182. The number of hydrogen-bond donors (Lipinski definition) is 3. The van der Waals surface area contributed by atoms with Crippen molar-refractivity contribution in [1.82, 2.24) is 20.2 Å². The number of phenols is 1. The van der Waals surface area contributed by atoms with Crippen molar-refractivity contribution in [1.29, 1.82) is 0 Å². The highest BCUT2D eigenvalue weighted by atomic mass is 35.5. The molecule has 2 bridgehead atoms. The molecule has 8 nitrogen and oxygen atoms in total. The SMILES string of the molecule is CN1C[C@H](O)C[C@H]1COc1nc(N2CC3CCC(C2)N3)c2cc(Cl)c(-c3cc(O)cc4ccccc34)c(F)c2n1. The molecule has 0 amide bonds. The smallest absolute Gasteiger partial charge is 0.319 e. The number of halogens is 2. The van der Waals surface area contributed by atoms with Crippen molar-refractivity contribution >= 4 is 39.1 Å². The quantitative estimate of drug-likeness (QED) is 0.330. The number of rotatable bonds is 5. The number of anilines is 1. The van der Waals surface area contributed by atoms with Crippen molar-refractivity contribution in [2.75, 3.05) is 38.2 Å². The van der Waals surface area contributed by atoms with E-state index in [2.05, 4.69) is 15.2 Å². The molecule has 208 valence electrons. The van der Waals surface area contributed by atoms with Gasteiger partial charge in [-0.3, -0.25) is 4.90 Å². The summed E-state index contributed by atoms with van der Waals surface area (Å²) < 4.78 is 22.7. The van der Waals surface area contributed by atoms with E-state index in [0.29, 0.717) is 41.8 Å². The topological polar surface area (TPSA) is 94.0 Å². The van der Waals surface area contributed by atoms with Gasteiger partial charge in [-0.2, -0.15) is 9.97 Å². The van der Waals surface area contributed by atoms with Crippen LogP contribution in [0.5, 0.6) is 11.8 Å². The number of aliphatic hydroxyl groups is 1. The number of benzene rings is 3. The maximum atomic E-state index is 16.6. The van der Waals surface area contributed by atoms with Crippen LogP contribution in [-0.2, 0) is 0 Å². The zero-order valence-electron chi connectivity index (χ0n) is 22.1. The van der Waals surface area contributed by atoms with Crippen molar-refractivity contribution in [2.24, 2.45) is 0 Å². The molecule has 4 heterocycles. The monoisotopic (exact) mass is 563 g/mol. The van der Waals surface area contributed by atoms with Crippen LogP contribution in [0.25, 0.3) is 32.8 Å². The molecule has 0 aliphatic carbocycles. The van der Waals surface area contributed by atoms with Crippen molar-refractivity contribution in [2.45, 2.75) is 43.5 Å². The average molecular weight is 564 g/mol. The van der Waals surface area contributed by atoms with Gasteiger partial charge in [-0.25, -0.2) is 4.39 Å². The summed E-state index contributed by atoms with van der Waals surface area (Å²) in [5.74, 6) is 0.0421. The Balaban J connectivity index is 1.37. The Morgan fingerprint density at radius 2 is 1.85 bits per heavy atom. The molecule has 3 aromatic carbocycles. The minimum absolute atomic E-state index is 0.0112. The first-order chi connectivity index (χ1) is 19.3. The van der Waals surface area contributed by atoms with Crippen molar-refractivity contribution in [3.8, 4) is 22.9 Å². The Labute approximate surface area is 236 Å². The molecule has 3 saturated heterocycles. The fourth-order valence-electron chi connectivity index (χ4n) is 6.60. The predicted octanol–water partition coefficient (Wildman–Crippen LogP) is 4.33. The summed E-state index contributed by atoms with van der Waals surface area (Å²) in [7, 11) is 1.95. The molecule has 1 aromatic heterocycles. The number of nitrogens with one attached hydrogen (secondary N) is 1. The standard InChI is InChI=1S/C30H31ClFN5O3/c1-36-14-21(39)9-19(36)15-40-30-34-28-24(29(35-30)37-12-17-6-7-18(13-37)33-17)11-25(31)26(27(28)32)23-10-20(38)8-16-4-2-3-5-22(16)23/h2-5,8,10-11,17-19,21,33,38-39H,6-7,9,12-15H2,1H3/t17?,18?,19-,21+/m0/s1. The van der Waals surface area contributed by atoms with Gasteiger partial charge in [0, 0.05) is 48.7 Å². The van der Waals surface area contributed by atoms with Crippen LogP contribution in [0.2, 0.25) is 5.02 Å². The van der Waals surface area contributed by atoms with Gasteiger partial charge in [0.15, 0.2) is 5.82 Å². The second kappa shape index (κ2) is 9.99. The number of β-amino-alcohol motifs (C(OH)–C–C–N with tert-alkyl or cyclic N) is 1. The number of aliphatic hydroxyl groups excluding tert-OH is 1. The summed E-state index contributed by atoms with van der Waals surface area (Å²) in [5.41, 5.74) is 0.790. The van der Waals surface area contributed by atoms with Crippen LogP contribution in [0.1, 0.15) is 19.3 Å². The van der Waals surface area contributed by atoms with Crippen molar-refractivity contribution in [3.05, 3.63) is 53.3 Å². The number of fused-ring (bicyclic) bond motifs is 4. The number of nitrogens with zero attached hydrogens (tertiary/aromatic N) is 4. The number of likely N-dealkylation sites (tertiary alicyclic amines) is 1. The molecule has 3 N–H and O–H groups in total. The van der Waals surface area contributed by atoms with Crippen LogP contribution < -0.4 is 15.0 Å². The van der Waals surface area contributed by atoms with E-state index in [9.17, 15) is 10.2 Å². The first-order valence-corrected chi connectivity index (χ1v) is 14.2. The molecular formula is C30H31ClFN5O3. The highest BCUT2D eigenvalue weighted by Gasteiger charge is 2.35. The minimum Gasteiger partial charge on any atom is -0.508 e. The summed E-state index contributed by atoms with van der Waals surface area (Å²) in [6, 6.07) is 13.2. The van der Waals surface area contributed by atoms with E-state index in [-0.39, 0.29) is 40.5 Å². The van der Waals surface area contributed by atoms with Crippen molar-refractivity contribution < 1.29 is 19.3 Å². The third kappa shape index (κ3) is 4.51. The van der Waals surface area contributed by atoms with Gasteiger partial charge in [-0.05, 0) is 60.8 Å². The summed E-state index contributed by atoms with van der Waals surface area (Å²) >= 11 is 6.82. The van der Waals surface area contributed by atoms with Gasteiger partial charge in [0.2, 0.25) is 0 Å². The van der Waals surface area contributed by atoms with Gasteiger partial charge in [0.05, 0.1) is 11.1 Å². The molecule has 3 aliphatic heterocycles. The molecule has 40 heavy (non-hydrogen) atoms. The van der Waals surface area contributed by atoms with E-state index in [4.69, 9.17) is 21.3 Å². The number of phenolic OH excluding ortho intramolecular Hbond substituents is 1. The lowest BCUT2D eigenvalue weighted by Gasteiger charge is -2.34. The molecule has 4 atom stereocenters. The van der Waals surface area contributed by atoms with Gasteiger partial charge >= 0.3 is 6.01 Å². The largest absolute Gasteiger partial charge is 0.508 e. The maximum absolute atomic E-state index is 16.6. The second-order valence-corrected chi connectivity index (χ2v) is 11.7. The second-order valence-electron chi connectivity index (χ2n) is 11.3. The van der Waals surface area contributed by atoms with Crippen LogP contribution in [0.3, 0.4) is 0 Å². The van der Waals surface area contributed by atoms with Gasteiger partial charge in [0.25, 0.3) is 0 Å². The van der Waals surface area contributed by atoms with E-state index in [1.807, 2.05) is 36.2 Å². The zero-order valence-corrected chi connectivity index (χ0v) is 22.9. The average Bonchev–Trinajstić information content (AvgIpc) is 3.45. The molecule has 4 aromatic rings. The van der Waals surface area contributed by atoms with E-state index in [1.165, 1.54) is 6.07 Å². The Hall–Kier alpha value is -3.24. The fraction of sp³-hybridized carbons (Fsp3) is 0.400. The third-order valence-electron chi connectivity index (χ3n) is 8.55. The van der Waals surface area contributed by atoms with E-state index in [1.54, 1.807) is 12.1 Å². The van der Waals surface area contributed by atoms with E-state index in [0.717, 1.165) is 36.7 Å². The lowest BCUT2D eigenvalue weighted by Crippen LogP contribution is -2.51. The highest BCUT2D eigenvalue weighted by molar-refractivity contribution is 6.35. The molecule has 10 heteroatoms. The van der Waals surface area contributed by atoms with Gasteiger partial charge in [0.1, 0.15) is 23.7 Å². The molecule has 3 aliphatic rings. The first kappa shape index (κ1) is 25.7. The summed E-state index contributed by atoms with van der Waals surface area (Å²) in [6.45, 7) is 2.36. The highest BCUT2D eigenvalue weighted by Crippen LogP contribution is 2.43. The Morgan fingerprint density at radius 1 is 1.07 bits per heavy atom. The normalized spacial score (nSPS) is 24.9. The molecule has 2 unspecified atom stereocenters. The van der Waals surface area contributed by atoms with Gasteiger partial charge in [-0.1, -0.05) is 35.9 Å². The summed E-state index contributed by atoms with van der Waals surface area (Å²) in [5, 5.41) is 26.4. The molecular weight excluding hydrogens is 533 g/mol. The maximum Gasteiger partial charge on any atom is 0.319 e. The van der Waals surface area contributed by atoms with Crippen molar-refractivity contribution in [3.63, 3.8) is 0 Å². The first-order valence-electron chi connectivity index (χ1n) is 13.8. The number of likely N-dealkylation sites (N-methyl/N-ethyl adjacent to an activating group) is 1. The molecule has 0 radical (unpaired) electrons. The Morgan fingerprint density at radius 3 is 2.60 bits per heavy atom. The molecule has 0 spiro atoms. The van der Waals surface area contributed by atoms with Crippen LogP contribution in [0.4, 0.5) is 10.2 Å². The number of aromatic hydroxyl groups is 1. The zero-order chi connectivity index (χ0) is 27.5. The third-order valence-corrected chi connectivity index (χ3v) is 8.84. The molecule has 7 rings (SSSR count). The fourth-order valence-corrected chi connectivity index (χ4v) is 6.89. The van der Waals surface area contributed by atoms with Gasteiger partial charge in [-0.15, -0.1) is 0 Å². The van der Waals surface area contributed by atoms with Crippen LogP contribution in [0.15, 0.2) is 42.5 Å². The molecule has 0 saturated carbocycles. The number of aromatic nitrogens is 2. The minimum atomic E-state index is -0.585. The number of piperazine rings is 1. The van der Waals surface area contributed by atoms with Crippen LogP contribution in [0, 0.1) is 5.82 Å². The lowest BCUT2D eigenvalue weighted by atomic mass is 9.96.